The highest BCUT2D eigenvalue weighted by atomic mass is 19.4. The number of alkyl halides is 3. The average molecular weight is 423 g/mol. The van der Waals surface area contributed by atoms with Crippen molar-refractivity contribution in [1.29, 1.82) is 0 Å². The van der Waals surface area contributed by atoms with Gasteiger partial charge in [-0.2, -0.15) is 18.2 Å². The molecule has 2 amide bonds. The van der Waals surface area contributed by atoms with Crippen LogP contribution in [0.2, 0.25) is 0 Å². The van der Waals surface area contributed by atoms with Gasteiger partial charge < -0.3 is 20.8 Å². The Bertz CT molecular complexity index is 974. The van der Waals surface area contributed by atoms with Gasteiger partial charge in [-0.05, 0) is 42.9 Å². The number of aliphatic imine (C=N–C) groups is 1. The fraction of sp³-hybridized carbons (Fsp3) is 0.368. The second-order valence-corrected chi connectivity index (χ2v) is 7.00. The van der Waals surface area contributed by atoms with Crippen molar-refractivity contribution >= 4 is 17.8 Å². The molecule has 1 aliphatic heterocycles. The molecule has 1 aromatic carbocycles. The number of aryl methyl sites for hydroxylation is 1. The lowest BCUT2D eigenvalue weighted by molar-refractivity contribution is -0.138. The van der Waals surface area contributed by atoms with E-state index in [2.05, 4.69) is 9.98 Å². The van der Waals surface area contributed by atoms with Gasteiger partial charge in [0.1, 0.15) is 6.26 Å². The molecule has 0 atom stereocenters. The van der Waals surface area contributed by atoms with Crippen LogP contribution in [-0.2, 0) is 6.18 Å². The molecular weight excluding hydrogens is 403 g/mol. The molecule has 0 unspecified atom stereocenters. The Balaban J connectivity index is 1.87. The number of halogens is 3. The summed E-state index contributed by atoms with van der Waals surface area (Å²) in [5.74, 6) is -2.34. The van der Waals surface area contributed by atoms with Crippen LogP contribution in [0.3, 0.4) is 0 Å². The molecule has 0 aliphatic carbocycles. The molecule has 8 nitrogen and oxygen atoms in total. The van der Waals surface area contributed by atoms with Crippen molar-refractivity contribution in [1.82, 2.24) is 9.88 Å². The van der Waals surface area contributed by atoms with E-state index in [-0.39, 0.29) is 30.1 Å². The van der Waals surface area contributed by atoms with E-state index in [0.717, 1.165) is 6.07 Å². The minimum absolute atomic E-state index is 0.0529. The lowest BCUT2D eigenvalue weighted by Crippen LogP contribution is -2.38. The Hall–Kier alpha value is -3.37. The van der Waals surface area contributed by atoms with Crippen molar-refractivity contribution in [2.75, 3.05) is 13.1 Å². The van der Waals surface area contributed by atoms with Gasteiger partial charge in [0.05, 0.1) is 11.8 Å². The predicted octanol–water partition coefficient (Wildman–Crippen LogP) is 2.44. The molecule has 2 aromatic rings. The van der Waals surface area contributed by atoms with Crippen molar-refractivity contribution < 1.29 is 27.2 Å². The van der Waals surface area contributed by atoms with E-state index in [1.54, 1.807) is 0 Å². The molecule has 0 saturated carbocycles. The van der Waals surface area contributed by atoms with E-state index in [1.165, 1.54) is 30.4 Å². The van der Waals surface area contributed by atoms with E-state index in [9.17, 15) is 22.8 Å². The quantitative estimate of drug-likeness (QED) is 0.577. The molecule has 4 N–H and O–H groups in total. The number of guanidine groups is 1. The third-order valence-electron chi connectivity index (χ3n) is 5.00. The average Bonchev–Trinajstić information content (AvgIpc) is 3.20. The van der Waals surface area contributed by atoms with Crippen LogP contribution >= 0.6 is 0 Å². The van der Waals surface area contributed by atoms with E-state index in [1.807, 2.05) is 0 Å². The number of oxazole rings is 1. The third kappa shape index (κ3) is 4.44. The van der Waals surface area contributed by atoms with Crippen LogP contribution in [-0.4, -0.2) is 40.7 Å². The van der Waals surface area contributed by atoms with Crippen LogP contribution in [0, 0.1) is 6.92 Å². The Morgan fingerprint density at radius 2 is 1.90 bits per heavy atom. The molecule has 1 aliphatic rings. The standard InChI is InChI=1S/C19H20F3N5O3/c1-10-8-13(14(19(20,21)22)9-12(10)15(28)26-18(23)24)11-2-5-27(6-3-11)17(29)16-25-4-7-30-16/h4,7-9,11H,2-3,5-6H2,1H3,(H4,23,24,26,28). The minimum atomic E-state index is -4.67. The summed E-state index contributed by atoms with van der Waals surface area (Å²) in [6.07, 6.45) is -1.37. The first-order chi connectivity index (χ1) is 14.1. The highest BCUT2D eigenvalue weighted by molar-refractivity contribution is 6.03. The predicted molar refractivity (Wildman–Crippen MR) is 101 cm³/mol. The Kier molecular flexibility index (Phi) is 5.81. The molecule has 3 rings (SSSR count). The minimum Gasteiger partial charge on any atom is -0.441 e. The topological polar surface area (TPSA) is 128 Å². The molecule has 1 saturated heterocycles. The first-order valence-electron chi connectivity index (χ1n) is 9.12. The van der Waals surface area contributed by atoms with Crippen LogP contribution in [0.1, 0.15) is 56.5 Å². The van der Waals surface area contributed by atoms with Gasteiger partial charge in [-0.25, -0.2) is 4.98 Å². The number of hydrogen-bond donors (Lipinski definition) is 2. The first kappa shape index (κ1) is 21.3. The lowest BCUT2D eigenvalue weighted by Gasteiger charge is -2.33. The summed E-state index contributed by atoms with van der Waals surface area (Å²) >= 11 is 0. The number of nitrogens with two attached hydrogens (primary N) is 2. The van der Waals surface area contributed by atoms with Gasteiger partial charge in [0.2, 0.25) is 0 Å². The summed E-state index contributed by atoms with van der Waals surface area (Å²) in [6, 6.07) is 2.15. The monoisotopic (exact) mass is 423 g/mol. The number of rotatable bonds is 3. The lowest BCUT2D eigenvalue weighted by atomic mass is 9.84. The van der Waals surface area contributed by atoms with Crippen molar-refractivity contribution in [2.24, 2.45) is 16.5 Å². The van der Waals surface area contributed by atoms with Crippen molar-refractivity contribution in [3.63, 3.8) is 0 Å². The number of likely N-dealkylation sites (tertiary alicyclic amines) is 1. The first-order valence-corrected chi connectivity index (χ1v) is 9.12. The summed E-state index contributed by atoms with van der Waals surface area (Å²) in [7, 11) is 0. The molecule has 0 bridgehead atoms. The smallest absolute Gasteiger partial charge is 0.416 e. The number of amides is 2. The second-order valence-electron chi connectivity index (χ2n) is 7.00. The fourth-order valence-corrected chi connectivity index (χ4v) is 3.58. The maximum absolute atomic E-state index is 13.8. The highest BCUT2D eigenvalue weighted by Crippen LogP contribution is 2.40. The molecule has 0 spiro atoms. The molecule has 1 aromatic heterocycles. The van der Waals surface area contributed by atoms with Gasteiger partial charge in [-0.15, -0.1) is 0 Å². The van der Waals surface area contributed by atoms with Gasteiger partial charge in [-0.1, -0.05) is 6.07 Å². The summed E-state index contributed by atoms with van der Waals surface area (Å²) in [4.78, 5) is 33.1. The van der Waals surface area contributed by atoms with Crippen LogP contribution in [0.15, 0.2) is 34.0 Å². The van der Waals surface area contributed by atoms with E-state index in [0.29, 0.717) is 18.4 Å². The summed E-state index contributed by atoms with van der Waals surface area (Å²) < 4.78 is 46.2. The summed E-state index contributed by atoms with van der Waals surface area (Å²) in [5.41, 5.74) is 9.64. The number of hydrogen-bond acceptors (Lipinski definition) is 4. The molecule has 2 heterocycles. The van der Waals surface area contributed by atoms with Crippen molar-refractivity contribution in [3.05, 3.63) is 52.7 Å². The molecular formula is C19H20F3N5O3. The van der Waals surface area contributed by atoms with Crippen LogP contribution < -0.4 is 11.5 Å². The number of aromatic nitrogens is 1. The third-order valence-corrected chi connectivity index (χ3v) is 5.00. The number of piperidine rings is 1. The summed E-state index contributed by atoms with van der Waals surface area (Å²) in [6.45, 7) is 2.05. The van der Waals surface area contributed by atoms with Crippen LogP contribution in [0.25, 0.3) is 0 Å². The number of nitrogens with zero attached hydrogens (tertiary/aromatic N) is 3. The molecule has 1 fully saturated rings. The summed E-state index contributed by atoms with van der Waals surface area (Å²) in [5, 5.41) is 0. The maximum Gasteiger partial charge on any atom is 0.416 e. The zero-order valence-electron chi connectivity index (χ0n) is 16.1. The normalized spacial score (nSPS) is 15.1. The van der Waals surface area contributed by atoms with Crippen LogP contribution in [0.4, 0.5) is 13.2 Å². The molecule has 0 radical (unpaired) electrons. The van der Waals surface area contributed by atoms with Crippen molar-refractivity contribution in [2.45, 2.75) is 31.9 Å². The van der Waals surface area contributed by atoms with E-state index in [4.69, 9.17) is 15.9 Å². The fourth-order valence-electron chi connectivity index (χ4n) is 3.58. The largest absolute Gasteiger partial charge is 0.441 e. The SMILES string of the molecule is Cc1cc(C2CCN(C(=O)c3ncco3)CC2)c(C(F)(F)F)cc1C(=O)N=C(N)N. The number of benzene rings is 1. The van der Waals surface area contributed by atoms with Gasteiger partial charge >= 0.3 is 12.1 Å². The molecule has 11 heteroatoms. The zero-order chi connectivity index (χ0) is 22.1. The van der Waals surface area contributed by atoms with Gasteiger partial charge in [-0.3, -0.25) is 9.59 Å². The van der Waals surface area contributed by atoms with Gasteiger partial charge in [0, 0.05) is 18.7 Å². The number of carbonyl (C=O) groups excluding carboxylic acids is 2. The Labute approximate surface area is 169 Å². The Morgan fingerprint density at radius 3 is 2.43 bits per heavy atom. The zero-order valence-corrected chi connectivity index (χ0v) is 16.1. The van der Waals surface area contributed by atoms with E-state index < -0.39 is 35.4 Å². The Morgan fingerprint density at radius 1 is 1.23 bits per heavy atom. The molecule has 160 valence electrons. The maximum atomic E-state index is 13.8. The van der Waals surface area contributed by atoms with Gasteiger partial charge in [0.15, 0.2) is 5.96 Å². The highest BCUT2D eigenvalue weighted by Gasteiger charge is 2.38. The van der Waals surface area contributed by atoms with Crippen molar-refractivity contribution in [3.8, 4) is 0 Å². The number of carbonyl (C=O) groups is 2. The van der Waals surface area contributed by atoms with E-state index >= 15 is 0 Å². The molecule has 30 heavy (non-hydrogen) atoms. The van der Waals surface area contributed by atoms with Gasteiger partial charge in [0.25, 0.3) is 11.8 Å². The van der Waals surface area contributed by atoms with Crippen LogP contribution in [0.5, 0.6) is 0 Å². The second kappa shape index (κ2) is 8.17.